The van der Waals surface area contributed by atoms with Crippen LogP contribution in [0.25, 0.3) is 22.4 Å². The minimum atomic E-state index is -0.267. The number of hydrogen-bond donors (Lipinski definition) is 2. The summed E-state index contributed by atoms with van der Waals surface area (Å²) in [6.45, 7) is 1.87. The third-order valence-corrected chi connectivity index (χ3v) is 5.51. The van der Waals surface area contributed by atoms with Gasteiger partial charge in [0.15, 0.2) is 0 Å². The highest BCUT2D eigenvalue weighted by molar-refractivity contribution is 8.00. The van der Waals surface area contributed by atoms with E-state index in [0.717, 1.165) is 29.3 Å². The summed E-state index contributed by atoms with van der Waals surface area (Å²) < 4.78 is 5.77. The fourth-order valence-electron chi connectivity index (χ4n) is 3.21. The quantitative estimate of drug-likeness (QED) is 0.680. The first kappa shape index (κ1) is 16.2. The van der Waals surface area contributed by atoms with Crippen molar-refractivity contribution in [3.05, 3.63) is 30.5 Å². The maximum absolute atomic E-state index is 12.3. The van der Waals surface area contributed by atoms with E-state index in [2.05, 4.69) is 20.5 Å². The van der Waals surface area contributed by atoms with Gasteiger partial charge in [-0.25, -0.2) is 0 Å². The minimum Gasteiger partial charge on any atom is -0.411 e. The summed E-state index contributed by atoms with van der Waals surface area (Å²) in [5.41, 5.74) is 1.90. The standard InChI is InChI=1S/C18H20N4O2S/c1-11(16(23)20-12-6-2-3-7-12)25-18-22-21-17(24-18)14-10-19-15-9-5-4-8-13(14)15/h4-5,8-12,19H,2-3,6-7H2,1H3,(H,20,23). The lowest BCUT2D eigenvalue weighted by atomic mass is 10.2. The summed E-state index contributed by atoms with van der Waals surface area (Å²) in [7, 11) is 0. The average molecular weight is 356 g/mol. The summed E-state index contributed by atoms with van der Waals surface area (Å²) in [4.78, 5) is 15.5. The molecule has 130 valence electrons. The van der Waals surface area contributed by atoms with Crippen LogP contribution in [0.1, 0.15) is 32.6 Å². The molecule has 7 heteroatoms. The van der Waals surface area contributed by atoms with Crippen LogP contribution in [0.3, 0.4) is 0 Å². The van der Waals surface area contributed by atoms with Crippen molar-refractivity contribution in [3.63, 3.8) is 0 Å². The maximum Gasteiger partial charge on any atom is 0.277 e. The fourth-order valence-corrected chi connectivity index (χ4v) is 3.90. The number of hydrogen-bond acceptors (Lipinski definition) is 5. The van der Waals surface area contributed by atoms with Gasteiger partial charge in [0, 0.05) is 23.1 Å². The number of aromatic amines is 1. The number of fused-ring (bicyclic) bond motifs is 1. The van der Waals surface area contributed by atoms with Crippen LogP contribution in [0, 0.1) is 0 Å². The zero-order chi connectivity index (χ0) is 17.2. The molecule has 0 bridgehead atoms. The monoisotopic (exact) mass is 356 g/mol. The van der Waals surface area contributed by atoms with E-state index >= 15 is 0 Å². The lowest BCUT2D eigenvalue weighted by Gasteiger charge is -2.14. The number of benzene rings is 1. The van der Waals surface area contributed by atoms with Crippen molar-refractivity contribution < 1.29 is 9.21 Å². The van der Waals surface area contributed by atoms with Gasteiger partial charge in [-0.1, -0.05) is 42.8 Å². The molecule has 0 aliphatic heterocycles. The Bertz CT molecular complexity index is 882. The van der Waals surface area contributed by atoms with Crippen LogP contribution in [-0.4, -0.2) is 32.4 Å². The molecule has 1 atom stereocenters. The van der Waals surface area contributed by atoms with Crippen molar-refractivity contribution in [2.24, 2.45) is 0 Å². The topological polar surface area (TPSA) is 83.8 Å². The number of carbonyl (C=O) groups excluding carboxylic acids is 1. The molecule has 25 heavy (non-hydrogen) atoms. The minimum absolute atomic E-state index is 0.0312. The summed E-state index contributed by atoms with van der Waals surface area (Å²) in [5.74, 6) is 0.493. The Labute approximate surface area is 149 Å². The molecular weight excluding hydrogens is 336 g/mol. The van der Waals surface area contributed by atoms with Gasteiger partial charge in [0.2, 0.25) is 5.91 Å². The van der Waals surface area contributed by atoms with Gasteiger partial charge >= 0.3 is 0 Å². The number of H-pyrrole nitrogens is 1. The number of thioether (sulfide) groups is 1. The van der Waals surface area contributed by atoms with E-state index in [0.29, 0.717) is 17.2 Å². The number of carbonyl (C=O) groups is 1. The SMILES string of the molecule is CC(Sc1nnc(-c2c[nH]c3ccccc23)o1)C(=O)NC1CCCC1. The van der Waals surface area contributed by atoms with E-state index in [1.165, 1.54) is 24.6 Å². The van der Waals surface area contributed by atoms with Crippen LogP contribution in [0.15, 0.2) is 40.1 Å². The zero-order valence-corrected chi connectivity index (χ0v) is 14.8. The number of para-hydroxylation sites is 1. The van der Waals surface area contributed by atoms with Crippen molar-refractivity contribution in [1.82, 2.24) is 20.5 Å². The second-order valence-electron chi connectivity index (χ2n) is 6.37. The Morgan fingerprint density at radius 3 is 2.96 bits per heavy atom. The Hall–Kier alpha value is -2.28. The Morgan fingerprint density at radius 2 is 2.12 bits per heavy atom. The largest absolute Gasteiger partial charge is 0.411 e. The maximum atomic E-state index is 12.3. The van der Waals surface area contributed by atoms with Gasteiger partial charge in [-0.3, -0.25) is 4.79 Å². The molecule has 1 amide bonds. The Morgan fingerprint density at radius 1 is 1.32 bits per heavy atom. The Balaban J connectivity index is 1.45. The van der Waals surface area contributed by atoms with E-state index in [1.54, 1.807) is 0 Å². The van der Waals surface area contributed by atoms with E-state index in [4.69, 9.17) is 4.42 Å². The van der Waals surface area contributed by atoms with E-state index < -0.39 is 0 Å². The third-order valence-electron chi connectivity index (χ3n) is 4.57. The van der Waals surface area contributed by atoms with Crippen molar-refractivity contribution in [2.75, 3.05) is 0 Å². The molecule has 3 aromatic rings. The molecule has 1 fully saturated rings. The van der Waals surface area contributed by atoms with Crippen LogP contribution < -0.4 is 5.32 Å². The van der Waals surface area contributed by atoms with Crippen LogP contribution in [0.4, 0.5) is 0 Å². The Kier molecular flexibility index (Phi) is 4.48. The van der Waals surface area contributed by atoms with Crippen LogP contribution in [-0.2, 0) is 4.79 Å². The molecule has 2 N–H and O–H groups in total. The fraction of sp³-hybridized carbons (Fsp3) is 0.389. The molecule has 1 aromatic carbocycles. The lowest BCUT2D eigenvalue weighted by molar-refractivity contribution is -0.120. The summed E-state index contributed by atoms with van der Waals surface area (Å²) in [5, 5.41) is 12.5. The molecule has 0 spiro atoms. The van der Waals surface area contributed by atoms with Crippen molar-refractivity contribution in [3.8, 4) is 11.5 Å². The highest BCUT2D eigenvalue weighted by atomic mass is 32.2. The first-order chi connectivity index (χ1) is 12.2. The van der Waals surface area contributed by atoms with Gasteiger partial charge in [0.25, 0.3) is 11.1 Å². The molecule has 6 nitrogen and oxygen atoms in total. The van der Waals surface area contributed by atoms with Gasteiger partial charge in [0.1, 0.15) is 0 Å². The van der Waals surface area contributed by atoms with Crippen molar-refractivity contribution >= 4 is 28.6 Å². The van der Waals surface area contributed by atoms with Gasteiger partial charge in [-0.15, -0.1) is 10.2 Å². The lowest BCUT2D eigenvalue weighted by Crippen LogP contribution is -2.37. The predicted molar refractivity (Wildman–Crippen MR) is 97.3 cm³/mol. The predicted octanol–water partition coefficient (Wildman–Crippen LogP) is 3.76. The van der Waals surface area contributed by atoms with Crippen LogP contribution >= 0.6 is 11.8 Å². The summed E-state index contributed by atoms with van der Waals surface area (Å²) in [6, 6.07) is 8.28. The third kappa shape index (κ3) is 3.42. The van der Waals surface area contributed by atoms with Gasteiger partial charge in [-0.2, -0.15) is 0 Å². The molecule has 0 saturated heterocycles. The highest BCUT2D eigenvalue weighted by Crippen LogP contribution is 2.30. The molecule has 2 aromatic heterocycles. The second-order valence-corrected chi connectivity index (χ2v) is 7.66. The van der Waals surface area contributed by atoms with Gasteiger partial charge in [-0.05, 0) is 25.8 Å². The first-order valence-electron chi connectivity index (χ1n) is 8.58. The second kappa shape index (κ2) is 6.92. The van der Waals surface area contributed by atoms with Crippen molar-refractivity contribution in [1.29, 1.82) is 0 Å². The van der Waals surface area contributed by atoms with E-state index in [-0.39, 0.29) is 11.2 Å². The molecule has 1 aliphatic carbocycles. The number of aromatic nitrogens is 3. The van der Waals surface area contributed by atoms with Crippen molar-refractivity contribution in [2.45, 2.75) is 49.1 Å². The van der Waals surface area contributed by atoms with E-state index in [1.807, 2.05) is 37.4 Å². The normalized spacial score (nSPS) is 16.4. The number of nitrogens with zero attached hydrogens (tertiary/aromatic N) is 2. The summed E-state index contributed by atoms with van der Waals surface area (Å²) in [6.07, 6.45) is 6.42. The average Bonchev–Trinajstić information content (AvgIpc) is 3.34. The molecular formula is C18H20N4O2S. The van der Waals surface area contributed by atoms with Crippen LogP contribution in [0.5, 0.6) is 0 Å². The van der Waals surface area contributed by atoms with E-state index in [9.17, 15) is 4.79 Å². The molecule has 1 saturated carbocycles. The molecule has 1 unspecified atom stereocenters. The summed E-state index contributed by atoms with van der Waals surface area (Å²) >= 11 is 1.30. The zero-order valence-electron chi connectivity index (χ0n) is 14.0. The smallest absolute Gasteiger partial charge is 0.277 e. The molecule has 1 aliphatic rings. The number of rotatable bonds is 5. The number of amides is 1. The highest BCUT2D eigenvalue weighted by Gasteiger charge is 2.23. The number of nitrogens with one attached hydrogen (secondary N) is 2. The molecule has 4 rings (SSSR count). The molecule has 0 radical (unpaired) electrons. The van der Waals surface area contributed by atoms with Gasteiger partial charge in [0.05, 0.1) is 10.8 Å². The van der Waals surface area contributed by atoms with Gasteiger partial charge < -0.3 is 14.7 Å². The van der Waals surface area contributed by atoms with Crippen LogP contribution in [0.2, 0.25) is 0 Å². The first-order valence-corrected chi connectivity index (χ1v) is 9.45. The molecule has 2 heterocycles.